The molecule has 1 aromatic heterocycles. The fraction of sp³-hybridized carbons (Fsp3) is 0.417. The minimum absolute atomic E-state index is 0.374. The Bertz CT molecular complexity index is 676. The van der Waals surface area contributed by atoms with E-state index in [1.165, 1.54) is 14.1 Å². The molecule has 0 saturated carbocycles. The molecule has 0 aliphatic rings. The number of aromatic nitrogens is 2. The molecule has 0 fully saturated rings. The van der Waals surface area contributed by atoms with Gasteiger partial charge in [0.1, 0.15) is 0 Å². The smallest absolute Gasteiger partial charge is 0.278 e. The van der Waals surface area contributed by atoms with Crippen molar-refractivity contribution in [3.8, 4) is 0 Å². The number of aryl methyl sites for hydroxylation is 1. The summed E-state index contributed by atoms with van der Waals surface area (Å²) < 4.78 is 28.7. The Kier molecular flexibility index (Phi) is 3.88. The molecule has 7 heteroatoms. The lowest BCUT2D eigenvalue weighted by Gasteiger charge is -2.12. The molecule has 0 amide bonds. The van der Waals surface area contributed by atoms with Gasteiger partial charge in [-0.2, -0.15) is 12.7 Å². The highest BCUT2D eigenvalue weighted by atomic mass is 32.2. The third-order valence-electron chi connectivity index (χ3n) is 2.97. The number of rotatable bonds is 5. The molecule has 0 radical (unpaired) electrons. The summed E-state index contributed by atoms with van der Waals surface area (Å²) in [5.74, 6) is 0. The lowest BCUT2D eigenvalue weighted by molar-refractivity contribution is 0.506. The summed E-state index contributed by atoms with van der Waals surface area (Å²) in [6.45, 7) is 0.374. The Balaban J connectivity index is 2.02. The van der Waals surface area contributed by atoms with Crippen molar-refractivity contribution >= 4 is 21.2 Å². The average molecular weight is 282 g/mol. The number of nitrogens with zero attached hydrogens (tertiary/aromatic N) is 3. The lowest BCUT2D eigenvalue weighted by atomic mass is 10.1. The largest absolute Gasteiger partial charge is 0.334 e. The second-order valence-electron chi connectivity index (χ2n) is 4.61. The minimum atomic E-state index is -3.34. The summed E-state index contributed by atoms with van der Waals surface area (Å²) in [5, 5.41) is 0. The SMILES string of the molecule is CN(C)S(=O)(=O)NCCc1ccc2c(c1)ncn2C. The van der Waals surface area contributed by atoms with E-state index in [2.05, 4.69) is 9.71 Å². The molecule has 1 aromatic carbocycles. The lowest BCUT2D eigenvalue weighted by Crippen LogP contribution is -2.36. The van der Waals surface area contributed by atoms with Crippen LogP contribution in [-0.4, -0.2) is 42.9 Å². The molecule has 0 aliphatic carbocycles. The summed E-state index contributed by atoms with van der Waals surface area (Å²) in [6, 6.07) is 5.98. The highest BCUT2D eigenvalue weighted by Crippen LogP contribution is 2.14. The molecule has 0 bridgehead atoms. The van der Waals surface area contributed by atoms with Crippen LogP contribution in [0.15, 0.2) is 24.5 Å². The maximum atomic E-state index is 11.5. The first kappa shape index (κ1) is 14.0. The zero-order valence-electron chi connectivity index (χ0n) is 11.3. The van der Waals surface area contributed by atoms with Crippen LogP contribution >= 0.6 is 0 Å². The van der Waals surface area contributed by atoms with Crippen molar-refractivity contribution in [3.05, 3.63) is 30.1 Å². The number of benzene rings is 1. The first-order valence-corrected chi connectivity index (χ1v) is 7.41. The van der Waals surface area contributed by atoms with Crippen LogP contribution < -0.4 is 4.72 Å². The Hall–Kier alpha value is -1.44. The van der Waals surface area contributed by atoms with Gasteiger partial charge in [-0.3, -0.25) is 0 Å². The number of hydrogen-bond acceptors (Lipinski definition) is 3. The number of imidazole rings is 1. The molecule has 104 valence electrons. The van der Waals surface area contributed by atoms with Crippen LogP contribution in [0.4, 0.5) is 0 Å². The molecule has 0 spiro atoms. The van der Waals surface area contributed by atoms with E-state index in [4.69, 9.17) is 0 Å². The quantitative estimate of drug-likeness (QED) is 0.869. The normalized spacial score (nSPS) is 12.4. The van der Waals surface area contributed by atoms with Crippen molar-refractivity contribution in [2.45, 2.75) is 6.42 Å². The highest BCUT2D eigenvalue weighted by molar-refractivity contribution is 7.87. The van der Waals surface area contributed by atoms with Gasteiger partial charge in [0.2, 0.25) is 0 Å². The van der Waals surface area contributed by atoms with E-state index < -0.39 is 10.2 Å². The van der Waals surface area contributed by atoms with Crippen LogP contribution in [0.1, 0.15) is 5.56 Å². The predicted octanol–water partition coefficient (Wildman–Crippen LogP) is 0.512. The Morgan fingerprint density at radius 3 is 2.79 bits per heavy atom. The maximum absolute atomic E-state index is 11.5. The number of fused-ring (bicyclic) bond motifs is 1. The molecule has 1 N–H and O–H groups in total. The Labute approximate surface area is 113 Å². The van der Waals surface area contributed by atoms with E-state index in [9.17, 15) is 8.42 Å². The van der Waals surface area contributed by atoms with Gasteiger partial charge < -0.3 is 4.57 Å². The van der Waals surface area contributed by atoms with E-state index in [-0.39, 0.29) is 0 Å². The molecule has 0 saturated heterocycles. The standard InChI is InChI=1S/C12H18N4O2S/c1-15(2)19(17,18)14-7-6-10-4-5-12-11(8-10)13-9-16(12)3/h4-5,8-9,14H,6-7H2,1-3H3. The monoisotopic (exact) mass is 282 g/mol. The van der Waals surface area contributed by atoms with Crippen molar-refractivity contribution in [2.75, 3.05) is 20.6 Å². The van der Waals surface area contributed by atoms with Crippen LogP contribution in [0.2, 0.25) is 0 Å². The van der Waals surface area contributed by atoms with Crippen molar-refractivity contribution < 1.29 is 8.42 Å². The van der Waals surface area contributed by atoms with Gasteiger partial charge in [-0.25, -0.2) is 9.71 Å². The zero-order chi connectivity index (χ0) is 14.0. The second kappa shape index (κ2) is 5.28. The zero-order valence-corrected chi connectivity index (χ0v) is 12.1. The van der Waals surface area contributed by atoms with E-state index >= 15 is 0 Å². The van der Waals surface area contributed by atoms with Gasteiger partial charge in [0.15, 0.2) is 0 Å². The third kappa shape index (κ3) is 3.12. The van der Waals surface area contributed by atoms with Crippen molar-refractivity contribution in [2.24, 2.45) is 7.05 Å². The molecule has 19 heavy (non-hydrogen) atoms. The van der Waals surface area contributed by atoms with Crippen LogP contribution in [0.25, 0.3) is 11.0 Å². The minimum Gasteiger partial charge on any atom is -0.334 e. The Morgan fingerprint density at radius 1 is 1.37 bits per heavy atom. The fourth-order valence-corrected chi connectivity index (χ4v) is 2.41. The summed E-state index contributed by atoms with van der Waals surface area (Å²) in [7, 11) is 1.61. The van der Waals surface area contributed by atoms with E-state index in [0.29, 0.717) is 13.0 Å². The molecule has 2 aromatic rings. The first-order chi connectivity index (χ1) is 8.90. The van der Waals surface area contributed by atoms with Crippen LogP contribution in [0.5, 0.6) is 0 Å². The molecule has 2 rings (SSSR count). The van der Waals surface area contributed by atoms with Gasteiger partial charge in [-0.05, 0) is 24.1 Å². The predicted molar refractivity (Wildman–Crippen MR) is 75.0 cm³/mol. The summed E-state index contributed by atoms with van der Waals surface area (Å²) in [5.41, 5.74) is 3.06. The van der Waals surface area contributed by atoms with Gasteiger partial charge >= 0.3 is 0 Å². The van der Waals surface area contributed by atoms with E-state index in [1.54, 1.807) is 6.33 Å². The Morgan fingerprint density at radius 2 is 2.11 bits per heavy atom. The first-order valence-electron chi connectivity index (χ1n) is 5.97. The highest BCUT2D eigenvalue weighted by Gasteiger charge is 2.11. The van der Waals surface area contributed by atoms with Gasteiger partial charge in [-0.15, -0.1) is 0 Å². The number of nitrogens with one attached hydrogen (secondary N) is 1. The van der Waals surface area contributed by atoms with Crippen LogP contribution in [0, 0.1) is 0 Å². The van der Waals surface area contributed by atoms with Crippen LogP contribution in [0.3, 0.4) is 0 Å². The fourth-order valence-electron chi connectivity index (χ4n) is 1.79. The van der Waals surface area contributed by atoms with Crippen LogP contribution in [-0.2, 0) is 23.7 Å². The molecular weight excluding hydrogens is 264 g/mol. The van der Waals surface area contributed by atoms with Crippen molar-refractivity contribution in [3.63, 3.8) is 0 Å². The van der Waals surface area contributed by atoms with Crippen molar-refractivity contribution in [1.82, 2.24) is 18.6 Å². The molecule has 1 heterocycles. The topological polar surface area (TPSA) is 67.2 Å². The average Bonchev–Trinajstić information content (AvgIpc) is 2.70. The molecule has 6 nitrogen and oxygen atoms in total. The van der Waals surface area contributed by atoms with E-state index in [1.807, 2.05) is 29.8 Å². The second-order valence-corrected chi connectivity index (χ2v) is 6.58. The van der Waals surface area contributed by atoms with E-state index in [0.717, 1.165) is 20.9 Å². The summed E-state index contributed by atoms with van der Waals surface area (Å²) >= 11 is 0. The van der Waals surface area contributed by atoms with Gasteiger partial charge in [0, 0.05) is 27.7 Å². The maximum Gasteiger partial charge on any atom is 0.278 e. The molecule has 0 unspecified atom stereocenters. The molecular formula is C12H18N4O2S. The summed E-state index contributed by atoms with van der Waals surface area (Å²) in [4.78, 5) is 4.28. The number of hydrogen-bond donors (Lipinski definition) is 1. The van der Waals surface area contributed by atoms with Crippen molar-refractivity contribution in [1.29, 1.82) is 0 Å². The van der Waals surface area contributed by atoms with Gasteiger partial charge in [0.05, 0.1) is 17.4 Å². The summed E-state index contributed by atoms with van der Waals surface area (Å²) in [6.07, 6.45) is 2.41. The van der Waals surface area contributed by atoms with Gasteiger partial charge in [-0.1, -0.05) is 6.07 Å². The third-order valence-corrected chi connectivity index (χ3v) is 4.50. The molecule has 0 aliphatic heterocycles. The molecule has 0 atom stereocenters. The van der Waals surface area contributed by atoms with Gasteiger partial charge in [0.25, 0.3) is 10.2 Å².